The van der Waals surface area contributed by atoms with Crippen molar-refractivity contribution in [2.24, 2.45) is 34.3 Å². The van der Waals surface area contributed by atoms with E-state index < -0.39 is 47.0 Å². The van der Waals surface area contributed by atoms with E-state index in [9.17, 15) is 25.3 Å². The van der Waals surface area contributed by atoms with Gasteiger partial charge in [-0.2, -0.15) is 16.8 Å². The van der Waals surface area contributed by atoms with Gasteiger partial charge in [-0.3, -0.25) is 8.37 Å². The summed E-state index contributed by atoms with van der Waals surface area (Å²) in [5.41, 5.74) is 8.40. The molecule has 2 N–H and O–H groups in total. The molecule has 3 aliphatic carbocycles. The van der Waals surface area contributed by atoms with Crippen molar-refractivity contribution in [3.05, 3.63) is 11.1 Å². The molecule has 0 heterocycles. The van der Waals surface area contributed by atoms with E-state index in [2.05, 4.69) is 20.8 Å². The second-order valence-corrected chi connectivity index (χ2v) is 17.2. The molecule has 0 aromatic carbocycles. The van der Waals surface area contributed by atoms with Gasteiger partial charge in [0, 0.05) is 12.2 Å². The van der Waals surface area contributed by atoms with Gasteiger partial charge in [0.25, 0.3) is 20.2 Å². The predicted octanol–water partition coefficient (Wildman–Crippen LogP) is 2.59. The molecule has 0 bridgehead atoms. The van der Waals surface area contributed by atoms with Crippen LogP contribution in [0.2, 0.25) is 0 Å². The zero-order chi connectivity index (χ0) is 26.6. The smallest absolute Gasteiger partial charge is 0.264 e. The number of allylic oxidation sites excluding steroid dienone is 1. The number of nitrogens with two attached hydrogens (primary N) is 1. The Morgan fingerprint density at radius 1 is 0.943 bits per heavy atom. The van der Waals surface area contributed by atoms with Gasteiger partial charge in [0.05, 0.1) is 25.2 Å². The van der Waals surface area contributed by atoms with Crippen LogP contribution in [0.5, 0.6) is 0 Å². The van der Waals surface area contributed by atoms with E-state index in [-0.39, 0.29) is 29.8 Å². The Bertz CT molecular complexity index is 1170. The molecule has 204 valence electrons. The van der Waals surface area contributed by atoms with Crippen LogP contribution in [0.1, 0.15) is 65.7 Å². The predicted molar refractivity (Wildman–Crippen MR) is 135 cm³/mol. The molecule has 9 nitrogen and oxygen atoms in total. The lowest BCUT2D eigenvalue weighted by Gasteiger charge is -2.53. The molecule has 0 spiro atoms. The summed E-state index contributed by atoms with van der Waals surface area (Å²) in [7, 11) is -11.0. The first-order chi connectivity index (χ1) is 15.7. The minimum atomic E-state index is -3.73. The lowest BCUT2D eigenvalue weighted by Crippen LogP contribution is -2.53. The highest BCUT2D eigenvalue weighted by molar-refractivity contribution is 7.91. The molecule has 1 saturated carbocycles. The zero-order valence-electron chi connectivity index (χ0n) is 21.6. The van der Waals surface area contributed by atoms with Crippen molar-refractivity contribution in [3.63, 3.8) is 0 Å². The van der Waals surface area contributed by atoms with Gasteiger partial charge < -0.3 is 5.73 Å². The highest BCUT2D eigenvalue weighted by Gasteiger charge is 2.54. The van der Waals surface area contributed by atoms with Crippen LogP contribution in [-0.4, -0.2) is 62.1 Å². The molecule has 0 aromatic heterocycles. The largest absolute Gasteiger partial charge is 0.315 e. The van der Waals surface area contributed by atoms with Crippen LogP contribution in [0.3, 0.4) is 0 Å². The SMILES string of the molecule is CC1(C)CCC2=C1CC[C@H]([C@@]1(C)CC[C@H](OS(C)(=O)=O)C[C@@H]1COS(C)(=O)=O)[C@H]2C(N)S(C)(=O)=O. The average molecular weight is 556 g/mol. The summed E-state index contributed by atoms with van der Waals surface area (Å²) in [6.07, 6.45) is 7.21. The molecule has 3 rings (SSSR count). The maximum atomic E-state index is 12.7. The number of hydrogen-bond acceptors (Lipinski definition) is 9. The maximum absolute atomic E-state index is 12.7. The van der Waals surface area contributed by atoms with E-state index in [1.54, 1.807) is 0 Å². The molecule has 1 fully saturated rings. The van der Waals surface area contributed by atoms with Crippen molar-refractivity contribution >= 4 is 30.1 Å². The van der Waals surface area contributed by atoms with Crippen LogP contribution in [-0.2, 0) is 38.4 Å². The van der Waals surface area contributed by atoms with Gasteiger partial charge >= 0.3 is 0 Å². The zero-order valence-corrected chi connectivity index (χ0v) is 24.1. The fraction of sp³-hybridized carbons (Fsp3) is 0.913. The van der Waals surface area contributed by atoms with Gasteiger partial charge in [0.2, 0.25) is 0 Å². The Balaban J connectivity index is 2.05. The van der Waals surface area contributed by atoms with Crippen molar-refractivity contribution in [2.75, 3.05) is 25.4 Å². The second-order valence-electron chi connectivity index (χ2n) is 11.7. The topological polar surface area (TPSA) is 147 Å². The molecule has 0 aliphatic heterocycles. The van der Waals surface area contributed by atoms with Crippen molar-refractivity contribution in [3.8, 4) is 0 Å². The van der Waals surface area contributed by atoms with Crippen LogP contribution in [0.25, 0.3) is 0 Å². The molecule has 12 heteroatoms. The average Bonchev–Trinajstić information content (AvgIpc) is 2.99. The summed E-state index contributed by atoms with van der Waals surface area (Å²) in [6, 6.07) is 0. The minimum Gasteiger partial charge on any atom is -0.315 e. The van der Waals surface area contributed by atoms with Crippen LogP contribution < -0.4 is 5.73 Å². The normalized spacial score (nSPS) is 35.1. The van der Waals surface area contributed by atoms with Gasteiger partial charge in [-0.1, -0.05) is 31.9 Å². The highest BCUT2D eigenvalue weighted by atomic mass is 32.2. The molecule has 1 unspecified atom stereocenters. The van der Waals surface area contributed by atoms with Gasteiger partial charge in [-0.05, 0) is 67.6 Å². The highest BCUT2D eigenvalue weighted by Crippen LogP contribution is 2.60. The maximum Gasteiger partial charge on any atom is 0.264 e. The lowest BCUT2D eigenvalue weighted by molar-refractivity contribution is -0.0461. The molecule has 3 aliphatic rings. The fourth-order valence-corrected chi connectivity index (χ4v) is 8.84. The van der Waals surface area contributed by atoms with E-state index in [0.29, 0.717) is 19.3 Å². The second kappa shape index (κ2) is 9.65. The Morgan fingerprint density at radius 3 is 2.11 bits per heavy atom. The Morgan fingerprint density at radius 2 is 1.57 bits per heavy atom. The summed E-state index contributed by atoms with van der Waals surface area (Å²) < 4.78 is 83.2. The third-order valence-electron chi connectivity index (χ3n) is 8.74. The quantitative estimate of drug-likeness (QED) is 0.352. The summed E-state index contributed by atoms with van der Waals surface area (Å²) in [4.78, 5) is 0. The third-order valence-corrected chi connectivity index (χ3v) is 11.2. The molecular formula is C23H41NO8S3. The first kappa shape index (κ1) is 29.0. The van der Waals surface area contributed by atoms with E-state index in [1.807, 2.05) is 0 Å². The van der Waals surface area contributed by atoms with Crippen molar-refractivity contribution in [1.29, 1.82) is 0 Å². The molecule has 6 atom stereocenters. The number of sulfone groups is 1. The standard InChI is InChI=1S/C23H41NO8S3/c1-22(2)11-10-17-18(22)7-8-19(20(17)21(24)33(4,25)26)23(3)12-9-16(32-35(6,29)30)13-15(23)14-31-34(5,27)28/h15-16,19-21H,7-14,24H2,1-6H3/t15-,16+,19+,20+,21?,23+/m1/s1. The van der Waals surface area contributed by atoms with Gasteiger partial charge in [-0.25, -0.2) is 8.42 Å². The van der Waals surface area contributed by atoms with Crippen LogP contribution in [0, 0.1) is 28.6 Å². The lowest BCUT2D eigenvalue weighted by atomic mass is 9.53. The molecular weight excluding hydrogens is 514 g/mol. The van der Waals surface area contributed by atoms with Gasteiger partial charge in [-0.15, -0.1) is 0 Å². The van der Waals surface area contributed by atoms with Crippen LogP contribution >= 0.6 is 0 Å². The Labute approximate surface area is 211 Å². The van der Waals surface area contributed by atoms with Crippen molar-refractivity contribution in [1.82, 2.24) is 0 Å². The third kappa shape index (κ3) is 6.49. The fourth-order valence-electron chi connectivity index (χ4n) is 6.87. The number of rotatable bonds is 8. The molecule has 0 aromatic rings. The Kier molecular flexibility index (Phi) is 8.00. The number of hydrogen-bond donors (Lipinski definition) is 1. The molecule has 35 heavy (non-hydrogen) atoms. The molecule has 0 amide bonds. The molecule has 0 radical (unpaired) electrons. The van der Waals surface area contributed by atoms with Crippen molar-refractivity contribution in [2.45, 2.75) is 77.2 Å². The minimum absolute atomic E-state index is 0.00350. The van der Waals surface area contributed by atoms with E-state index in [4.69, 9.17) is 14.1 Å². The van der Waals surface area contributed by atoms with Gasteiger partial charge in [0.1, 0.15) is 5.37 Å². The van der Waals surface area contributed by atoms with E-state index in [0.717, 1.165) is 43.8 Å². The summed E-state index contributed by atoms with van der Waals surface area (Å²) in [5, 5.41) is -1.06. The van der Waals surface area contributed by atoms with Crippen LogP contribution in [0.4, 0.5) is 0 Å². The van der Waals surface area contributed by atoms with Gasteiger partial charge in [0.15, 0.2) is 9.84 Å². The summed E-state index contributed by atoms with van der Waals surface area (Å²) >= 11 is 0. The van der Waals surface area contributed by atoms with Crippen molar-refractivity contribution < 1.29 is 33.6 Å². The van der Waals surface area contributed by atoms with E-state index in [1.165, 1.54) is 11.8 Å². The monoisotopic (exact) mass is 555 g/mol. The Hall–Kier alpha value is -0.530. The van der Waals surface area contributed by atoms with Crippen LogP contribution in [0.15, 0.2) is 11.1 Å². The first-order valence-corrected chi connectivity index (χ1v) is 17.7. The molecule has 0 saturated heterocycles. The summed E-state index contributed by atoms with van der Waals surface area (Å²) in [6.45, 7) is 6.32. The summed E-state index contributed by atoms with van der Waals surface area (Å²) in [5.74, 6) is -0.852. The van der Waals surface area contributed by atoms with E-state index >= 15 is 0 Å². The first-order valence-electron chi connectivity index (χ1n) is 12.1.